The topological polar surface area (TPSA) is 0 Å². The molecule has 1 aliphatic carbocycles. The lowest BCUT2D eigenvalue weighted by Gasteiger charge is -2.33. The van der Waals surface area contributed by atoms with Gasteiger partial charge in [-0.2, -0.15) is 0 Å². The van der Waals surface area contributed by atoms with Crippen molar-refractivity contribution in [2.24, 2.45) is 11.8 Å². The summed E-state index contributed by atoms with van der Waals surface area (Å²) in [7, 11) is 0. The monoisotopic (exact) mass is 346 g/mol. The summed E-state index contributed by atoms with van der Waals surface area (Å²) in [4.78, 5) is 0.569. The van der Waals surface area contributed by atoms with E-state index in [1.165, 1.54) is 32.1 Å². The molecule has 1 aromatic rings. The van der Waals surface area contributed by atoms with Gasteiger partial charge in [0.15, 0.2) is 0 Å². The van der Waals surface area contributed by atoms with E-state index >= 15 is 0 Å². The normalized spacial score (nSPS) is 27.5. The van der Waals surface area contributed by atoms with Gasteiger partial charge in [0.25, 0.3) is 0 Å². The van der Waals surface area contributed by atoms with Crippen molar-refractivity contribution in [3.05, 3.63) is 34.6 Å². The predicted octanol–water partition coefficient (Wildman–Crippen LogP) is 6.00. The zero-order valence-corrected chi connectivity index (χ0v) is 13.7. The first kappa shape index (κ1) is 15.3. The highest BCUT2D eigenvalue weighted by Crippen LogP contribution is 2.37. The molecule has 0 aliphatic heterocycles. The number of rotatable bonds is 4. The summed E-state index contributed by atoms with van der Waals surface area (Å²) in [6, 6.07) is 5.21. The Morgan fingerprint density at radius 2 is 2.16 bits per heavy atom. The van der Waals surface area contributed by atoms with Crippen molar-refractivity contribution in [3.8, 4) is 0 Å². The first-order chi connectivity index (χ1) is 9.10. The van der Waals surface area contributed by atoms with Gasteiger partial charge in [0.1, 0.15) is 5.82 Å². The van der Waals surface area contributed by atoms with Gasteiger partial charge in [-0.3, -0.25) is 0 Å². The van der Waals surface area contributed by atoms with Crippen LogP contribution in [0.1, 0.15) is 44.6 Å². The van der Waals surface area contributed by atoms with Crippen molar-refractivity contribution in [1.29, 1.82) is 0 Å². The molecule has 0 N–H and O–H groups in total. The molecule has 0 bridgehead atoms. The Kier molecular flexibility index (Phi) is 5.70. The van der Waals surface area contributed by atoms with Crippen LogP contribution in [0, 0.1) is 17.7 Å². The molecule has 3 unspecified atom stereocenters. The van der Waals surface area contributed by atoms with Crippen molar-refractivity contribution in [2.45, 2.75) is 50.3 Å². The van der Waals surface area contributed by atoms with Crippen LogP contribution in [0.4, 0.5) is 4.39 Å². The highest BCUT2D eigenvalue weighted by molar-refractivity contribution is 9.09. The maximum atomic E-state index is 13.5. The molecule has 2 rings (SSSR count). The second kappa shape index (κ2) is 7.08. The van der Waals surface area contributed by atoms with E-state index in [1.807, 2.05) is 6.07 Å². The highest BCUT2D eigenvalue weighted by Gasteiger charge is 2.28. The second-order valence-corrected chi connectivity index (χ2v) is 7.28. The maximum Gasteiger partial charge on any atom is 0.142 e. The van der Waals surface area contributed by atoms with Crippen molar-refractivity contribution < 1.29 is 4.39 Å². The Hall–Kier alpha value is -0.0800. The minimum atomic E-state index is -0.300. The molecule has 0 radical (unpaired) electrons. The van der Waals surface area contributed by atoms with E-state index in [2.05, 4.69) is 22.9 Å². The third-order valence-electron chi connectivity index (χ3n) is 4.18. The average Bonchev–Trinajstić information content (AvgIpc) is 2.38. The lowest BCUT2D eigenvalue weighted by Crippen LogP contribution is -2.26. The molecule has 106 valence electrons. The van der Waals surface area contributed by atoms with Crippen molar-refractivity contribution in [2.75, 3.05) is 0 Å². The molecule has 0 nitrogen and oxygen atoms in total. The van der Waals surface area contributed by atoms with Gasteiger partial charge in [0.2, 0.25) is 0 Å². The number of halogens is 3. The molecular formula is C16H21BrClF. The van der Waals surface area contributed by atoms with Gasteiger partial charge in [-0.25, -0.2) is 4.39 Å². The fraction of sp³-hybridized carbons (Fsp3) is 0.625. The molecule has 3 atom stereocenters. The van der Waals surface area contributed by atoms with Crippen LogP contribution in [0.15, 0.2) is 18.2 Å². The molecular weight excluding hydrogens is 327 g/mol. The minimum Gasteiger partial charge on any atom is -0.205 e. The summed E-state index contributed by atoms with van der Waals surface area (Å²) < 4.78 is 13.5. The van der Waals surface area contributed by atoms with E-state index in [-0.39, 0.29) is 10.8 Å². The van der Waals surface area contributed by atoms with Crippen LogP contribution in [0.2, 0.25) is 5.02 Å². The smallest absolute Gasteiger partial charge is 0.142 e. The molecule has 0 saturated heterocycles. The highest BCUT2D eigenvalue weighted by atomic mass is 79.9. The van der Waals surface area contributed by atoms with Gasteiger partial charge in [0.05, 0.1) is 5.02 Å². The quantitative estimate of drug-likeness (QED) is 0.586. The van der Waals surface area contributed by atoms with Crippen LogP contribution >= 0.6 is 27.5 Å². The third-order valence-corrected chi connectivity index (χ3v) is 5.69. The van der Waals surface area contributed by atoms with Crippen molar-refractivity contribution >= 4 is 27.5 Å². The van der Waals surface area contributed by atoms with E-state index in [0.717, 1.165) is 17.9 Å². The Labute approximate surface area is 128 Å². The van der Waals surface area contributed by atoms with Gasteiger partial charge in [-0.15, -0.1) is 0 Å². The first-order valence-electron chi connectivity index (χ1n) is 7.18. The summed E-state index contributed by atoms with van der Waals surface area (Å²) >= 11 is 9.54. The minimum absolute atomic E-state index is 0.214. The summed E-state index contributed by atoms with van der Waals surface area (Å²) in [5.41, 5.74) is 1.06. The van der Waals surface area contributed by atoms with E-state index in [1.54, 1.807) is 12.1 Å². The number of benzene rings is 1. The van der Waals surface area contributed by atoms with E-state index in [9.17, 15) is 4.39 Å². The molecule has 0 spiro atoms. The Balaban J connectivity index is 2.01. The second-order valence-electron chi connectivity index (χ2n) is 5.70. The van der Waals surface area contributed by atoms with E-state index in [4.69, 9.17) is 11.6 Å². The zero-order valence-electron chi connectivity index (χ0n) is 11.3. The van der Waals surface area contributed by atoms with Crippen LogP contribution in [-0.4, -0.2) is 4.83 Å². The van der Waals surface area contributed by atoms with Crippen molar-refractivity contribution in [3.63, 3.8) is 0 Å². The summed E-state index contributed by atoms with van der Waals surface area (Å²) in [6.07, 6.45) is 7.37. The van der Waals surface area contributed by atoms with Crippen molar-refractivity contribution in [1.82, 2.24) is 0 Å². The molecule has 19 heavy (non-hydrogen) atoms. The summed E-state index contributed by atoms with van der Waals surface area (Å²) in [5, 5.41) is 0.214. The van der Waals surface area contributed by atoms with Crippen LogP contribution in [-0.2, 0) is 6.42 Å². The Bertz CT molecular complexity index is 421. The van der Waals surface area contributed by atoms with Gasteiger partial charge >= 0.3 is 0 Å². The van der Waals surface area contributed by atoms with E-state index < -0.39 is 0 Å². The molecule has 1 saturated carbocycles. The first-order valence-corrected chi connectivity index (χ1v) is 8.47. The number of alkyl halides is 1. The largest absolute Gasteiger partial charge is 0.205 e. The maximum absolute atomic E-state index is 13.5. The summed E-state index contributed by atoms with van der Waals surface area (Å²) in [5.74, 6) is 1.16. The predicted molar refractivity (Wildman–Crippen MR) is 83.6 cm³/mol. The number of hydrogen-bond acceptors (Lipinski definition) is 0. The van der Waals surface area contributed by atoms with Crippen LogP contribution in [0.5, 0.6) is 0 Å². The van der Waals surface area contributed by atoms with Crippen LogP contribution < -0.4 is 0 Å². The number of hydrogen-bond donors (Lipinski definition) is 0. The Morgan fingerprint density at radius 1 is 1.37 bits per heavy atom. The van der Waals surface area contributed by atoms with Crippen LogP contribution in [0.25, 0.3) is 0 Å². The molecule has 0 amide bonds. The van der Waals surface area contributed by atoms with Gasteiger partial charge < -0.3 is 0 Å². The average molecular weight is 348 g/mol. The third kappa shape index (κ3) is 4.19. The molecule has 0 heterocycles. The lowest BCUT2D eigenvalue weighted by atomic mass is 9.77. The molecule has 0 aromatic heterocycles. The lowest BCUT2D eigenvalue weighted by molar-refractivity contribution is 0.263. The van der Waals surface area contributed by atoms with Gasteiger partial charge in [-0.05, 0) is 55.2 Å². The SMILES string of the molecule is CCCC1CCC(Br)C(Cc2ccc(Cl)c(F)c2)C1. The van der Waals surface area contributed by atoms with Crippen LogP contribution in [0.3, 0.4) is 0 Å². The van der Waals surface area contributed by atoms with Gasteiger partial charge in [-0.1, -0.05) is 53.4 Å². The fourth-order valence-corrected chi connectivity index (χ4v) is 3.96. The Morgan fingerprint density at radius 3 is 2.84 bits per heavy atom. The molecule has 3 heteroatoms. The van der Waals surface area contributed by atoms with E-state index in [0.29, 0.717) is 10.7 Å². The zero-order chi connectivity index (χ0) is 13.8. The molecule has 1 aromatic carbocycles. The fourth-order valence-electron chi connectivity index (χ4n) is 3.18. The standard InChI is InChI=1S/C16H21BrClF/c1-2-3-11-4-6-14(17)13(8-11)9-12-5-7-15(18)16(19)10-12/h5,7,10-11,13-14H,2-4,6,8-9H2,1H3. The van der Waals surface area contributed by atoms with Gasteiger partial charge in [0, 0.05) is 4.83 Å². The molecule has 1 aliphatic rings. The molecule has 1 fully saturated rings. The summed E-state index contributed by atoms with van der Waals surface area (Å²) in [6.45, 7) is 2.25.